The second-order valence-corrected chi connectivity index (χ2v) is 6.63. The summed E-state index contributed by atoms with van der Waals surface area (Å²) in [4.78, 5) is 9.30. The Hall–Kier alpha value is -2.56. The Morgan fingerprint density at radius 3 is 2.44 bits per heavy atom. The second kappa shape index (κ2) is 6.75. The van der Waals surface area contributed by atoms with Crippen LogP contribution in [0.25, 0.3) is 17.2 Å². The zero-order chi connectivity index (χ0) is 18.1. The molecular formula is C20H26N4O. The lowest BCUT2D eigenvalue weighted by Crippen LogP contribution is -2.06. The van der Waals surface area contributed by atoms with Gasteiger partial charge in [-0.2, -0.15) is 0 Å². The molecule has 3 rings (SSSR count). The monoisotopic (exact) mass is 338 g/mol. The Bertz CT molecular complexity index is 868. The van der Waals surface area contributed by atoms with Crippen molar-refractivity contribution in [3.8, 4) is 23.0 Å². The third kappa shape index (κ3) is 2.95. The van der Waals surface area contributed by atoms with Crippen molar-refractivity contribution in [1.29, 1.82) is 0 Å². The van der Waals surface area contributed by atoms with Gasteiger partial charge in [-0.1, -0.05) is 13.8 Å². The number of hydrogen-bond acceptors (Lipinski definition) is 3. The number of benzene rings is 1. The predicted molar refractivity (Wildman–Crippen MR) is 100 cm³/mol. The van der Waals surface area contributed by atoms with Gasteiger partial charge < -0.3 is 9.30 Å². The van der Waals surface area contributed by atoms with Crippen LogP contribution in [0.4, 0.5) is 0 Å². The van der Waals surface area contributed by atoms with Crippen LogP contribution in [0.3, 0.4) is 0 Å². The van der Waals surface area contributed by atoms with E-state index in [1.807, 2.05) is 18.7 Å². The minimum absolute atomic E-state index is 0.422. The van der Waals surface area contributed by atoms with E-state index in [1.54, 1.807) is 7.11 Å². The van der Waals surface area contributed by atoms with E-state index >= 15 is 0 Å². The van der Waals surface area contributed by atoms with Crippen LogP contribution >= 0.6 is 0 Å². The predicted octanol–water partition coefficient (Wildman–Crippen LogP) is 4.41. The van der Waals surface area contributed by atoms with Crippen LogP contribution in [-0.4, -0.2) is 26.2 Å². The highest BCUT2D eigenvalue weighted by Gasteiger charge is 2.21. The molecule has 0 fully saturated rings. The van der Waals surface area contributed by atoms with E-state index in [9.17, 15) is 0 Å². The summed E-state index contributed by atoms with van der Waals surface area (Å²) >= 11 is 0. The molecule has 0 N–H and O–H groups in total. The fourth-order valence-electron chi connectivity index (χ4n) is 3.46. The van der Waals surface area contributed by atoms with Crippen LogP contribution in [0.15, 0.2) is 30.9 Å². The summed E-state index contributed by atoms with van der Waals surface area (Å²) in [5, 5.41) is 0. The van der Waals surface area contributed by atoms with Gasteiger partial charge in [-0.25, -0.2) is 9.97 Å². The first-order valence-corrected chi connectivity index (χ1v) is 8.68. The van der Waals surface area contributed by atoms with Crippen LogP contribution < -0.4 is 4.74 Å². The smallest absolute Gasteiger partial charge is 0.165 e. The zero-order valence-corrected chi connectivity index (χ0v) is 15.9. The Kier molecular flexibility index (Phi) is 4.66. The fourth-order valence-corrected chi connectivity index (χ4v) is 3.46. The highest BCUT2D eigenvalue weighted by molar-refractivity contribution is 5.61. The van der Waals surface area contributed by atoms with Gasteiger partial charge in [-0.05, 0) is 49.4 Å². The van der Waals surface area contributed by atoms with Crippen molar-refractivity contribution in [3.63, 3.8) is 0 Å². The Morgan fingerprint density at radius 2 is 1.84 bits per heavy atom. The van der Waals surface area contributed by atoms with Crippen LogP contribution in [0.5, 0.6) is 5.75 Å². The molecule has 132 valence electrons. The lowest BCUT2D eigenvalue weighted by molar-refractivity contribution is 0.414. The maximum absolute atomic E-state index is 5.39. The molecule has 5 heteroatoms. The van der Waals surface area contributed by atoms with E-state index in [-0.39, 0.29) is 0 Å². The van der Waals surface area contributed by atoms with Crippen LogP contribution in [0.2, 0.25) is 0 Å². The van der Waals surface area contributed by atoms with Gasteiger partial charge in [-0.15, -0.1) is 0 Å². The number of hydrogen-bond donors (Lipinski definition) is 0. The number of aromatic nitrogens is 4. The first-order chi connectivity index (χ1) is 12.0. The average Bonchev–Trinajstić information content (AvgIpc) is 3.20. The Morgan fingerprint density at radius 1 is 1.16 bits per heavy atom. The maximum Gasteiger partial charge on any atom is 0.165 e. The molecule has 1 aromatic carbocycles. The minimum Gasteiger partial charge on any atom is -0.497 e. The standard InChI is InChI=1S/C20H26N4O/c1-7-13(2)19-17(22-12-23(19)5)20-21-8-9-24(20)18-14(3)10-16(25-6)11-15(18)4/h8-13H,7H2,1-6H3. The van der Waals surface area contributed by atoms with Crippen molar-refractivity contribution in [2.24, 2.45) is 7.05 Å². The molecule has 0 saturated carbocycles. The molecule has 2 heterocycles. The summed E-state index contributed by atoms with van der Waals surface area (Å²) in [6.45, 7) is 8.63. The minimum atomic E-state index is 0.422. The van der Waals surface area contributed by atoms with Gasteiger partial charge in [0.05, 0.1) is 24.8 Å². The molecule has 0 saturated heterocycles. The first kappa shape index (κ1) is 17.3. The van der Waals surface area contributed by atoms with Crippen LogP contribution in [-0.2, 0) is 7.05 Å². The largest absolute Gasteiger partial charge is 0.497 e. The summed E-state index contributed by atoms with van der Waals surface area (Å²) in [7, 11) is 3.75. The molecule has 5 nitrogen and oxygen atoms in total. The topological polar surface area (TPSA) is 44.9 Å². The molecule has 0 aliphatic rings. The summed E-state index contributed by atoms with van der Waals surface area (Å²) in [6, 6.07) is 4.11. The lowest BCUT2D eigenvalue weighted by Gasteiger charge is -2.17. The van der Waals surface area contributed by atoms with Gasteiger partial charge in [-0.3, -0.25) is 4.57 Å². The van der Waals surface area contributed by atoms with Crippen molar-refractivity contribution in [1.82, 2.24) is 19.1 Å². The summed E-state index contributed by atoms with van der Waals surface area (Å²) in [5.74, 6) is 2.18. The molecule has 0 aliphatic carbocycles. The van der Waals surface area contributed by atoms with Crippen LogP contribution in [0, 0.1) is 13.8 Å². The van der Waals surface area contributed by atoms with Crippen molar-refractivity contribution in [2.45, 2.75) is 40.0 Å². The molecule has 0 spiro atoms. The summed E-state index contributed by atoms with van der Waals surface area (Å²) in [6.07, 6.45) is 6.79. The van der Waals surface area contributed by atoms with Gasteiger partial charge in [0.2, 0.25) is 0 Å². The quantitative estimate of drug-likeness (QED) is 0.692. The fraction of sp³-hybridized carbons (Fsp3) is 0.400. The number of nitrogens with zero attached hydrogens (tertiary/aromatic N) is 4. The average molecular weight is 338 g/mol. The highest BCUT2D eigenvalue weighted by Crippen LogP contribution is 2.32. The molecule has 0 radical (unpaired) electrons. The molecule has 0 aliphatic heterocycles. The molecule has 25 heavy (non-hydrogen) atoms. The van der Waals surface area contributed by atoms with E-state index < -0.39 is 0 Å². The lowest BCUT2D eigenvalue weighted by atomic mass is 10.0. The normalized spacial score (nSPS) is 12.4. The first-order valence-electron chi connectivity index (χ1n) is 8.68. The number of aryl methyl sites for hydroxylation is 3. The van der Waals surface area contributed by atoms with E-state index in [4.69, 9.17) is 4.74 Å². The molecule has 0 amide bonds. The van der Waals surface area contributed by atoms with Gasteiger partial charge in [0.1, 0.15) is 11.4 Å². The van der Waals surface area contributed by atoms with Crippen molar-refractivity contribution >= 4 is 0 Å². The van der Waals surface area contributed by atoms with Gasteiger partial charge in [0, 0.05) is 19.4 Å². The van der Waals surface area contributed by atoms with Gasteiger partial charge >= 0.3 is 0 Å². The third-order valence-corrected chi connectivity index (χ3v) is 4.86. The number of imidazole rings is 2. The van der Waals surface area contributed by atoms with Crippen molar-refractivity contribution in [2.75, 3.05) is 7.11 Å². The van der Waals surface area contributed by atoms with Crippen molar-refractivity contribution < 1.29 is 4.74 Å². The molecule has 1 unspecified atom stereocenters. The van der Waals surface area contributed by atoms with Crippen LogP contribution in [0.1, 0.15) is 43.0 Å². The number of rotatable bonds is 5. The zero-order valence-electron chi connectivity index (χ0n) is 15.9. The highest BCUT2D eigenvalue weighted by atomic mass is 16.5. The summed E-state index contributed by atoms with van der Waals surface area (Å²) in [5.41, 5.74) is 5.61. The van der Waals surface area contributed by atoms with E-state index in [0.29, 0.717) is 5.92 Å². The Labute approximate surface area is 149 Å². The van der Waals surface area contributed by atoms with Gasteiger partial charge in [0.15, 0.2) is 5.82 Å². The van der Waals surface area contributed by atoms with E-state index in [1.165, 1.54) is 5.69 Å². The molecule has 0 bridgehead atoms. The molecule has 1 atom stereocenters. The third-order valence-electron chi connectivity index (χ3n) is 4.86. The van der Waals surface area contributed by atoms with E-state index in [2.05, 4.69) is 66.0 Å². The number of ether oxygens (including phenoxy) is 1. The maximum atomic E-state index is 5.39. The SMILES string of the molecule is CCC(C)c1c(-c2nccn2-c2c(C)cc(OC)cc2C)ncn1C. The molecular weight excluding hydrogens is 312 g/mol. The van der Waals surface area contributed by atoms with Crippen molar-refractivity contribution in [3.05, 3.63) is 47.7 Å². The molecule has 2 aromatic heterocycles. The molecule has 3 aromatic rings. The second-order valence-electron chi connectivity index (χ2n) is 6.63. The number of methoxy groups -OCH3 is 1. The van der Waals surface area contributed by atoms with E-state index in [0.717, 1.165) is 40.5 Å². The Balaban J connectivity index is 2.19. The van der Waals surface area contributed by atoms with Gasteiger partial charge in [0.25, 0.3) is 0 Å². The summed E-state index contributed by atoms with van der Waals surface area (Å²) < 4.78 is 9.64.